The topological polar surface area (TPSA) is 25.8 Å². The lowest BCUT2D eigenvalue weighted by Gasteiger charge is -2.10. The van der Waals surface area contributed by atoms with E-state index in [-0.39, 0.29) is 5.82 Å². The molecule has 0 saturated carbocycles. The number of hydrogen-bond acceptors (Lipinski definition) is 3. The van der Waals surface area contributed by atoms with Crippen LogP contribution in [-0.2, 0) is 0 Å². The fourth-order valence-electron chi connectivity index (χ4n) is 1.80. The number of aromatic nitrogens is 2. The first-order valence-corrected chi connectivity index (χ1v) is 6.89. The first-order valence-electron chi connectivity index (χ1n) is 6.12. The Bertz CT molecular complexity index is 546. The Kier molecular flexibility index (Phi) is 3.76. The van der Waals surface area contributed by atoms with Crippen LogP contribution in [0.3, 0.4) is 0 Å². The summed E-state index contributed by atoms with van der Waals surface area (Å²) in [6.45, 7) is 8.31. The van der Waals surface area contributed by atoms with Crippen LogP contribution in [-0.4, -0.2) is 9.36 Å². The van der Waals surface area contributed by atoms with Gasteiger partial charge in [0.15, 0.2) is 0 Å². The van der Waals surface area contributed by atoms with Crippen LogP contribution in [0, 0.1) is 5.82 Å². The van der Waals surface area contributed by atoms with Gasteiger partial charge in [0.25, 0.3) is 0 Å². The molecule has 0 amide bonds. The Morgan fingerprint density at radius 2 is 1.83 bits per heavy atom. The van der Waals surface area contributed by atoms with Gasteiger partial charge in [-0.25, -0.2) is 9.37 Å². The third kappa shape index (κ3) is 2.58. The lowest BCUT2D eigenvalue weighted by molar-refractivity contribution is 0.627. The molecule has 0 unspecified atom stereocenters. The number of rotatable bonds is 3. The zero-order valence-corrected chi connectivity index (χ0v) is 11.9. The van der Waals surface area contributed by atoms with Gasteiger partial charge in [-0.3, -0.25) is 0 Å². The van der Waals surface area contributed by atoms with Gasteiger partial charge in [0, 0.05) is 11.5 Å². The largest absolute Gasteiger partial charge is 0.219 e. The molecule has 0 N–H and O–H groups in total. The second-order valence-electron chi connectivity index (χ2n) is 5.00. The number of halogens is 1. The molecule has 4 heteroatoms. The summed E-state index contributed by atoms with van der Waals surface area (Å²) in [7, 11) is 0. The van der Waals surface area contributed by atoms with Crippen molar-refractivity contribution in [3.05, 3.63) is 35.4 Å². The summed E-state index contributed by atoms with van der Waals surface area (Å²) < 4.78 is 17.7. The van der Waals surface area contributed by atoms with E-state index >= 15 is 0 Å². The second-order valence-corrected chi connectivity index (χ2v) is 5.75. The van der Waals surface area contributed by atoms with E-state index < -0.39 is 0 Å². The van der Waals surface area contributed by atoms with Gasteiger partial charge in [0.05, 0.1) is 0 Å². The number of nitrogens with zero attached hydrogens (tertiary/aromatic N) is 2. The molecule has 0 atom stereocenters. The van der Waals surface area contributed by atoms with Crippen molar-refractivity contribution < 1.29 is 4.39 Å². The summed E-state index contributed by atoms with van der Waals surface area (Å²) in [5.41, 5.74) is 1.98. The second kappa shape index (κ2) is 5.14. The van der Waals surface area contributed by atoms with E-state index in [1.54, 1.807) is 6.07 Å². The van der Waals surface area contributed by atoms with Crippen molar-refractivity contribution in [2.24, 2.45) is 0 Å². The molecule has 0 aliphatic heterocycles. The van der Waals surface area contributed by atoms with Crippen molar-refractivity contribution in [2.75, 3.05) is 0 Å². The smallest absolute Gasteiger partial charge is 0.145 e. The maximum absolute atomic E-state index is 13.4. The van der Waals surface area contributed by atoms with Gasteiger partial charge >= 0.3 is 0 Å². The predicted octanol–water partition coefficient (Wildman–Crippen LogP) is 4.59. The van der Waals surface area contributed by atoms with Crippen LogP contribution >= 0.6 is 11.5 Å². The highest BCUT2D eigenvalue weighted by Crippen LogP contribution is 2.31. The van der Waals surface area contributed by atoms with Crippen LogP contribution in [0.5, 0.6) is 0 Å². The number of benzene rings is 1. The summed E-state index contributed by atoms with van der Waals surface area (Å²) in [5.74, 6) is 1.24. The molecule has 0 bridgehead atoms. The van der Waals surface area contributed by atoms with E-state index in [0.717, 1.165) is 22.0 Å². The molecule has 0 aliphatic rings. The van der Waals surface area contributed by atoms with Gasteiger partial charge < -0.3 is 0 Å². The van der Waals surface area contributed by atoms with Crippen molar-refractivity contribution in [1.82, 2.24) is 9.36 Å². The monoisotopic (exact) mass is 264 g/mol. The van der Waals surface area contributed by atoms with E-state index in [0.29, 0.717) is 11.8 Å². The van der Waals surface area contributed by atoms with Gasteiger partial charge in [-0.1, -0.05) is 33.8 Å². The molecular formula is C14H17FN2S. The quantitative estimate of drug-likeness (QED) is 0.810. The molecule has 0 fully saturated rings. The average Bonchev–Trinajstić information content (AvgIpc) is 2.77. The lowest BCUT2D eigenvalue weighted by Crippen LogP contribution is -1.94. The van der Waals surface area contributed by atoms with Gasteiger partial charge in [-0.15, -0.1) is 0 Å². The molecular weight excluding hydrogens is 247 g/mol. The minimum atomic E-state index is -0.226. The van der Waals surface area contributed by atoms with E-state index in [4.69, 9.17) is 0 Å². The Labute approximate surface area is 111 Å². The van der Waals surface area contributed by atoms with Crippen molar-refractivity contribution in [3.63, 3.8) is 0 Å². The van der Waals surface area contributed by atoms with Crippen molar-refractivity contribution in [1.29, 1.82) is 0 Å². The highest BCUT2D eigenvalue weighted by atomic mass is 32.1. The molecule has 96 valence electrons. The molecule has 2 aromatic rings. The number of hydrogen-bond donors (Lipinski definition) is 0. The Hall–Kier alpha value is -1.29. The van der Waals surface area contributed by atoms with Gasteiger partial charge in [0.2, 0.25) is 0 Å². The van der Waals surface area contributed by atoms with Crippen molar-refractivity contribution >= 4 is 11.5 Å². The maximum Gasteiger partial charge on any atom is 0.145 e. The minimum absolute atomic E-state index is 0.226. The molecule has 1 heterocycles. The predicted molar refractivity (Wildman–Crippen MR) is 73.5 cm³/mol. The van der Waals surface area contributed by atoms with Gasteiger partial charge in [-0.05, 0) is 35.1 Å². The van der Waals surface area contributed by atoms with E-state index in [2.05, 4.69) is 37.1 Å². The molecule has 0 aliphatic carbocycles. The third-order valence-electron chi connectivity index (χ3n) is 2.83. The first kappa shape index (κ1) is 13.1. The van der Waals surface area contributed by atoms with Crippen molar-refractivity contribution in [3.8, 4) is 10.6 Å². The molecule has 0 saturated heterocycles. The molecule has 2 nitrogen and oxygen atoms in total. The zero-order chi connectivity index (χ0) is 13.3. The minimum Gasteiger partial charge on any atom is -0.219 e. The van der Waals surface area contributed by atoms with E-state index in [9.17, 15) is 4.39 Å². The fourth-order valence-corrected chi connectivity index (χ4v) is 2.64. The standard InChI is InChI=1S/C14H17FN2S/c1-8(2)11-6-5-10(15)7-12(11)14-16-13(9(3)4)17-18-14/h5-9H,1-4H3. The average molecular weight is 264 g/mol. The zero-order valence-electron chi connectivity index (χ0n) is 11.1. The van der Waals surface area contributed by atoms with E-state index in [1.807, 2.05) is 6.07 Å². The fraction of sp³-hybridized carbons (Fsp3) is 0.429. The van der Waals surface area contributed by atoms with Gasteiger partial charge in [0.1, 0.15) is 16.6 Å². The molecule has 2 rings (SSSR count). The highest BCUT2D eigenvalue weighted by molar-refractivity contribution is 7.09. The Morgan fingerprint density at radius 3 is 2.39 bits per heavy atom. The lowest BCUT2D eigenvalue weighted by atomic mass is 9.97. The summed E-state index contributed by atoms with van der Waals surface area (Å²) in [5, 5.41) is 0.807. The highest BCUT2D eigenvalue weighted by Gasteiger charge is 2.15. The Morgan fingerprint density at radius 1 is 1.11 bits per heavy atom. The van der Waals surface area contributed by atoms with Crippen LogP contribution in [0.15, 0.2) is 18.2 Å². The van der Waals surface area contributed by atoms with Crippen LogP contribution < -0.4 is 0 Å². The van der Waals surface area contributed by atoms with Crippen LogP contribution in [0.4, 0.5) is 4.39 Å². The third-order valence-corrected chi connectivity index (χ3v) is 3.59. The van der Waals surface area contributed by atoms with E-state index in [1.165, 1.54) is 17.6 Å². The summed E-state index contributed by atoms with van der Waals surface area (Å²) in [4.78, 5) is 4.50. The first-order chi connectivity index (χ1) is 8.49. The van der Waals surface area contributed by atoms with Gasteiger partial charge in [-0.2, -0.15) is 4.37 Å². The summed E-state index contributed by atoms with van der Waals surface area (Å²) in [6, 6.07) is 4.90. The molecule has 1 aromatic carbocycles. The normalized spacial score (nSPS) is 11.5. The van der Waals surface area contributed by atoms with Crippen LogP contribution in [0.25, 0.3) is 10.6 Å². The maximum atomic E-state index is 13.4. The van der Waals surface area contributed by atoms with Crippen LogP contribution in [0.2, 0.25) is 0 Å². The molecule has 18 heavy (non-hydrogen) atoms. The SMILES string of the molecule is CC(C)c1nsc(-c2cc(F)ccc2C(C)C)n1. The van der Waals surface area contributed by atoms with Crippen LogP contribution in [0.1, 0.15) is 50.9 Å². The molecule has 1 aromatic heterocycles. The molecule has 0 spiro atoms. The molecule has 0 radical (unpaired) electrons. The van der Waals surface area contributed by atoms with Crippen molar-refractivity contribution in [2.45, 2.75) is 39.5 Å². The summed E-state index contributed by atoms with van der Waals surface area (Å²) in [6.07, 6.45) is 0. The Balaban J connectivity index is 2.51. The summed E-state index contributed by atoms with van der Waals surface area (Å²) >= 11 is 1.34.